The Labute approximate surface area is 104 Å². The fraction of sp³-hybridized carbons (Fsp3) is 0.250. The molecule has 2 N–H and O–H groups in total. The molecule has 0 unspecified atom stereocenters. The summed E-state index contributed by atoms with van der Waals surface area (Å²) in [4.78, 5) is 12.0. The van der Waals surface area contributed by atoms with Crippen molar-refractivity contribution in [2.75, 3.05) is 5.73 Å². The van der Waals surface area contributed by atoms with Gasteiger partial charge < -0.3 is 5.73 Å². The normalized spacial score (nSPS) is 10.8. The second-order valence-corrected chi connectivity index (χ2v) is 4.27. The second-order valence-electron chi connectivity index (χ2n) is 3.83. The van der Waals surface area contributed by atoms with Crippen LogP contribution in [-0.4, -0.2) is 9.36 Å². The van der Waals surface area contributed by atoms with Crippen molar-refractivity contribution in [1.29, 1.82) is 0 Å². The van der Waals surface area contributed by atoms with Crippen molar-refractivity contribution in [3.8, 4) is 5.69 Å². The smallest absolute Gasteiger partial charge is 0.294 e. The van der Waals surface area contributed by atoms with E-state index in [-0.39, 0.29) is 5.56 Å². The molecular weight excluding hydrogens is 238 g/mol. The van der Waals surface area contributed by atoms with Crippen molar-refractivity contribution in [1.82, 2.24) is 9.36 Å². The Morgan fingerprint density at radius 3 is 2.35 bits per heavy atom. The van der Waals surface area contributed by atoms with Crippen LogP contribution in [0.4, 0.5) is 5.69 Å². The Balaban J connectivity index is 2.68. The van der Waals surface area contributed by atoms with E-state index in [0.29, 0.717) is 10.7 Å². The van der Waals surface area contributed by atoms with E-state index >= 15 is 0 Å². The van der Waals surface area contributed by atoms with Crippen LogP contribution in [0.3, 0.4) is 0 Å². The van der Waals surface area contributed by atoms with Crippen molar-refractivity contribution < 1.29 is 0 Å². The minimum absolute atomic E-state index is 0.188. The van der Waals surface area contributed by atoms with E-state index in [1.54, 1.807) is 33.6 Å². The Morgan fingerprint density at radius 2 is 1.88 bits per heavy atom. The molecular formula is C12H14ClN3O. The first-order valence-corrected chi connectivity index (χ1v) is 5.76. The summed E-state index contributed by atoms with van der Waals surface area (Å²) in [6.07, 6.45) is 0.720. The highest BCUT2D eigenvalue weighted by Crippen LogP contribution is 2.15. The van der Waals surface area contributed by atoms with E-state index in [1.807, 2.05) is 14.0 Å². The van der Waals surface area contributed by atoms with Crippen molar-refractivity contribution in [3.63, 3.8) is 0 Å². The van der Waals surface area contributed by atoms with Gasteiger partial charge in [-0.3, -0.25) is 9.48 Å². The van der Waals surface area contributed by atoms with Crippen molar-refractivity contribution in [2.24, 2.45) is 7.05 Å². The zero-order valence-corrected chi connectivity index (χ0v) is 10.5. The van der Waals surface area contributed by atoms with Crippen LogP contribution in [0.25, 0.3) is 5.69 Å². The summed E-state index contributed by atoms with van der Waals surface area (Å²) in [5.74, 6) is 0. The average molecular weight is 252 g/mol. The molecule has 2 rings (SSSR count). The van der Waals surface area contributed by atoms with Crippen LogP contribution >= 0.6 is 11.6 Å². The molecule has 0 aliphatic rings. The Morgan fingerprint density at radius 1 is 1.29 bits per heavy atom. The molecule has 0 saturated carbocycles. The van der Waals surface area contributed by atoms with Crippen LogP contribution in [0.5, 0.6) is 0 Å². The zero-order chi connectivity index (χ0) is 12.6. The lowest BCUT2D eigenvalue weighted by Gasteiger charge is -2.08. The molecule has 90 valence electrons. The molecule has 5 heteroatoms. The highest BCUT2D eigenvalue weighted by Gasteiger charge is 2.14. The monoisotopic (exact) mass is 251 g/mol. The van der Waals surface area contributed by atoms with Gasteiger partial charge in [-0.1, -0.05) is 18.5 Å². The maximum atomic E-state index is 12.0. The highest BCUT2D eigenvalue weighted by molar-refractivity contribution is 6.30. The molecule has 4 nitrogen and oxygen atoms in total. The quantitative estimate of drug-likeness (QED) is 0.887. The average Bonchev–Trinajstić information content (AvgIpc) is 2.52. The first kappa shape index (κ1) is 11.8. The summed E-state index contributed by atoms with van der Waals surface area (Å²) in [5, 5.41) is 0.639. The number of nitrogens with two attached hydrogens (primary N) is 1. The molecule has 1 aromatic carbocycles. The van der Waals surface area contributed by atoms with Gasteiger partial charge in [0.1, 0.15) is 5.69 Å². The molecule has 2 aromatic rings. The minimum atomic E-state index is -0.188. The van der Waals surface area contributed by atoms with Crippen LogP contribution in [0.2, 0.25) is 5.02 Å². The lowest BCUT2D eigenvalue weighted by Crippen LogP contribution is -2.20. The van der Waals surface area contributed by atoms with Crippen molar-refractivity contribution in [2.45, 2.75) is 13.3 Å². The molecule has 0 fully saturated rings. The topological polar surface area (TPSA) is 53.0 Å². The summed E-state index contributed by atoms with van der Waals surface area (Å²) in [7, 11) is 1.82. The molecule has 0 aliphatic carbocycles. The van der Waals surface area contributed by atoms with Crippen LogP contribution in [0.1, 0.15) is 12.6 Å². The van der Waals surface area contributed by atoms with E-state index in [9.17, 15) is 4.79 Å². The molecule has 0 spiro atoms. The Bertz CT molecular complexity index is 595. The van der Waals surface area contributed by atoms with Gasteiger partial charge in [0.05, 0.1) is 11.4 Å². The van der Waals surface area contributed by atoms with Crippen LogP contribution in [-0.2, 0) is 13.5 Å². The summed E-state index contributed by atoms with van der Waals surface area (Å²) >= 11 is 5.82. The van der Waals surface area contributed by atoms with Gasteiger partial charge in [0.2, 0.25) is 0 Å². The third-order valence-electron chi connectivity index (χ3n) is 2.83. The molecule has 0 radical (unpaired) electrons. The van der Waals surface area contributed by atoms with Gasteiger partial charge >= 0.3 is 0 Å². The van der Waals surface area contributed by atoms with Gasteiger partial charge in [-0.25, -0.2) is 4.68 Å². The number of hydrogen-bond acceptors (Lipinski definition) is 2. The number of halogens is 1. The molecule has 0 saturated heterocycles. The van der Waals surface area contributed by atoms with Crippen LogP contribution in [0, 0.1) is 0 Å². The molecule has 0 atom stereocenters. The third-order valence-corrected chi connectivity index (χ3v) is 3.08. The van der Waals surface area contributed by atoms with Gasteiger partial charge in [-0.05, 0) is 30.7 Å². The molecule has 0 aliphatic heterocycles. The van der Waals surface area contributed by atoms with Gasteiger partial charge in [-0.2, -0.15) is 0 Å². The molecule has 0 amide bonds. The van der Waals surface area contributed by atoms with E-state index in [0.717, 1.165) is 17.8 Å². The molecule has 1 heterocycles. The second kappa shape index (κ2) is 4.30. The summed E-state index contributed by atoms with van der Waals surface area (Å²) in [6.45, 7) is 1.97. The van der Waals surface area contributed by atoms with E-state index in [2.05, 4.69) is 0 Å². The number of nitrogen functional groups attached to an aromatic ring is 1. The SMILES string of the molecule is CCc1c(N)c(=O)n(-c2ccc(Cl)cc2)n1C. The van der Waals surface area contributed by atoms with Crippen molar-refractivity contribution in [3.05, 3.63) is 45.3 Å². The van der Waals surface area contributed by atoms with Crippen molar-refractivity contribution >= 4 is 17.3 Å². The van der Waals surface area contributed by atoms with E-state index in [4.69, 9.17) is 17.3 Å². The minimum Gasteiger partial charge on any atom is -0.393 e. The fourth-order valence-corrected chi connectivity index (χ4v) is 2.09. The largest absolute Gasteiger partial charge is 0.393 e. The number of benzene rings is 1. The highest BCUT2D eigenvalue weighted by atomic mass is 35.5. The fourth-order valence-electron chi connectivity index (χ4n) is 1.96. The number of anilines is 1. The van der Waals surface area contributed by atoms with E-state index < -0.39 is 0 Å². The summed E-state index contributed by atoms with van der Waals surface area (Å²) in [5.41, 5.74) is 7.52. The van der Waals surface area contributed by atoms with E-state index in [1.165, 1.54) is 0 Å². The predicted molar refractivity (Wildman–Crippen MR) is 69.8 cm³/mol. The lowest BCUT2D eigenvalue weighted by atomic mass is 10.3. The number of rotatable bonds is 2. The number of nitrogens with zero attached hydrogens (tertiary/aromatic N) is 2. The summed E-state index contributed by atoms with van der Waals surface area (Å²) in [6, 6.07) is 7.08. The third kappa shape index (κ3) is 1.85. The first-order chi connectivity index (χ1) is 8.06. The first-order valence-electron chi connectivity index (χ1n) is 5.38. The number of hydrogen-bond donors (Lipinski definition) is 1. The zero-order valence-electron chi connectivity index (χ0n) is 9.77. The maximum absolute atomic E-state index is 12.0. The predicted octanol–water partition coefficient (Wildman–Crippen LogP) is 1.97. The molecule has 17 heavy (non-hydrogen) atoms. The van der Waals surface area contributed by atoms with Gasteiger partial charge in [0, 0.05) is 12.1 Å². The van der Waals surface area contributed by atoms with Gasteiger partial charge in [-0.15, -0.1) is 0 Å². The molecule has 1 aromatic heterocycles. The molecule has 0 bridgehead atoms. The van der Waals surface area contributed by atoms with Crippen LogP contribution in [0.15, 0.2) is 29.1 Å². The maximum Gasteiger partial charge on any atom is 0.294 e. The Kier molecular flexibility index (Phi) is 2.98. The lowest BCUT2D eigenvalue weighted by molar-refractivity contribution is 0.618. The summed E-state index contributed by atoms with van der Waals surface area (Å²) < 4.78 is 3.32. The van der Waals surface area contributed by atoms with Crippen LogP contribution < -0.4 is 11.3 Å². The van der Waals surface area contributed by atoms with Gasteiger partial charge in [0.15, 0.2) is 0 Å². The number of aromatic nitrogens is 2. The Hall–Kier alpha value is -1.68. The van der Waals surface area contributed by atoms with Gasteiger partial charge in [0.25, 0.3) is 5.56 Å². The standard InChI is InChI=1S/C12H14ClN3O/c1-3-10-11(14)12(17)16(15(10)2)9-6-4-8(13)5-7-9/h4-7H,3,14H2,1-2H3.